The van der Waals surface area contributed by atoms with Crippen LogP contribution in [0.1, 0.15) is 32.6 Å². The first kappa shape index (κ1) is 23.5. The number of amides is 1. The van der Waals surface area contributed by atoms with Gasteiger partial charge in [0.25, 0.3) is 5.91 Å². The van der Waals surface area contributed by atoms with Gasteiger partial charge >= 0.3 is 6.18 Å². The number of benzene rings is 2. The average Bonchev–Trinajstić information content (AvgIpc) is 3.24. The lowest BCUT2D eigenvalue weighted by Crippen LogP contribution is -2.14. The van der Waals surface area contributed by atoms with Crippen molar-refractivity contribution in [3.8, 4) is 23.2 Å². The maximum absolute atomic E-state index is 13.5. The number of nitrogen functional groups attached to an aromatic ring is 1. The van der Waals surface area contributed by atoms with Gasteiger partial charge in [-0.2, -0.15) is 13.2 Å². The summed E-state index contributed by atoms with van der Waals surface area (Å²) in [6.45, 7) is 1.83. The number of aryl methyl sites for hydroxylation is 2. The summed E-state index contributed by atoms with van der Waals surface area (Å²) in [5, 5.41) is 2.56. The highest BCUT2D eigenvalue weighted by Gasteiger charge is 2.32. The number of carbonyl (C=O) groups is 1. The average molecular weight is 476 g/mol. The fourth-order valence-corrected chi connectivity index (χ4v) is 3.28. The van der Waals surface area contributed by atoms with Crippen LogP contribution in [0.4, 0.5) is 24.8 Å². The number of nitrogens with two attached hydrogens (primary N) is 1. The van der Waals surface area contributed by atoms with Crippen molar-refractivity contribution in [2.75, 3.05) is 11.1 Å². The van der Waals surface area contributed by atoms with E-state index >= 15 is 0 Å². The Kier molecular flexibility index (Phi) is 6.25. The number of nitrogens with zero attached hydrogens (tertiary/aromatic N) is 4. The van der Waals surface area contributed by atoms with E-state index in [1.807, 2.05) is 6.92 Å². The fourth-order valence-electron chi connectivity index (χ4n) is 3.28. The summed E-state index contributed by atoms with van der Waals surface area (Å²) in [6.07, 6.45) is 1.47. The van der Waals surface area contributed by atoms with Crippen LogP contribution >= 0.6 is 0 Å². The van der Waals surface area contributed by atoms with Gasteiger partial charge in [-0.15, -0.1) is 0 Å². The first-order chi connectivity index (χ1) is 16.6. The van der Waals surface area contributed by atoms with Gasteiger partial charge in [-0.1, -0.05) is 17.9 Å². The standard InChI is InChI=1S/C25H19F3N6O/c1-15-3-5-18(9-17(15)6-4-16-13-31-24(29)32-14-16)23(35)33-21-11-19(22-30-7-8-34(22)2)10-20(12-21)25(26,27)28/h3,5,7-14H,1-2H3,(H,33,35)(H2,29,31,32). The second-order valence-corrected chi connectivity index (χ2v) is 7.72. The normalized spacial score (nSPS) is 11.0. The van der Waals surface area contributed by atoms with Gasteiger partial charge in [-0.25, -0.2) is 15.0 Å². The Bertz CT molecular complexity index is 1460. The highest BCUT2D eigenvalue weighted by atomic mass is 19.4. The molecule has 0 saturated carbocycles. The number of hydrogen-bond donors (Lipinski definition) is 2. The van der Waals surface area contributed by atoms with E-state index in [4.69, 9.17) is 5.73 Å². The zero-order valence-electron chi connectivity index (χ0n) is 18.7. The van der Waals surface area contributed by atoms with Crippen LogP contribution in [0.5, 0.6) is 0 Å². The summed E-state index contributed by atoms with van der Waals surface area (Å²) in [4.78, 5) is 24.8. The van der Waals surface area contributed by atoms with E-state index in [9.17, 15) is 18.0 Å². The number of alkyl halides is 3. The maximum atomic E-state index is 13.5. The molecule has 2 aromatic carbocycles. The van der Waals surface area contributed by atoms with Crippen LogP contribution in [0, 0.1) is 18.8 Å². The summed E-state index contributed by atoms with van der Waals surface area (Å²) < 4.78 is 42.2. The van der Waals surface area contributed by atoms with Gasteiger partial charge in [0.15, 0.2) is 0 Å². The van der Waals surface area contributed by atoms with E-state index in [1.54, 1.807) is 36.0 Å². The van der Waals surface area contributed by atoms with Crippen molar-refractivity contribution < 1.29 is 18.0 Å². The summed E-state index contributed by atoms with van der Waals surface area (Å²) in [6, 6.07) is 8.20. The molecule has 0 aliphatic heterocycles. The number of aromatic nitrogens is 4. The molecule has 176 valence electrons. The number of rotatable bonds is 3. The highest BCUT2D eigenvalue weighted by molar-refractivity contribution is 6.04. The Balaban J connectivity index is 1.64. The Labute approximate surface area is 198 Å². The minimum atomic E-state index is -4.60. The van der Waals surface area contributed by atoms with Crippen LogP contribution in [-0.2, 0) is 13.2 Å². The second-order valence-electron chi connectivity index (χ2n) is 7.72. The van der Waals surface area contributed by atoms with Gasteiger partial charge in [0.1, 0.15) is 5.82 Å². The zero-order chi connectivity index (χ0) is 25.2. The lowest BCUT2D eigenvalue weighted by molar-refractivity contribution is -0.137. The van der Waals surface area contributed by atoms with E-state index in [1.165, 1.54) is 24.7 Å². The third-order valence-electron chi connectivity index (χ3n) is 5.11. The van der Waals surface area contributed by atoms with Gasteiger partial charge in [0.2, 0.25) is 5.95 Å². The number of hydrogen-bond acceptors (Lipinski definition) is 5. The van der Waals surface area contributed by atoms with Crippen LogP contribution in [0.25, 0.3) is 11.4 Å². The van der Waals surface area contributed by atoms with E-state index in [0.717, 1.165) is 17.7 Å². The Morgan fingerprint density at radius 3 is 2.46 bits per heavy atom. The Hall–Kier alpha value is -4.65. The monoisotopic (exact) mass is 476 g/mol. The molecule has 0 unspecified atom stereocenters. The third-order valence-corrected chi connectivity index (χ3v) is 5.11. The van der Waals surface area contributed by atoms with Gasteiger partial charge in [-0.05, 0) is 42.8 Å². The van der Waals surface area contributed by atoms with Crippen molar-refractivity contribution in [2.24, 2.45) is 7.05 Å². The first-order valence-corrected chi connectivity index (χ1v) is 10.3. The molecule has 0 saturated heterocycles. The first-order valence-electron chi connectivity index (χ1n) is 10.3. The van der Waals surface area contributed by atoms with Crippen LogP contribution in [0.15, 0.2) is 61.2 Å². The van der Waals surface area contributed by atoms with Gasteiger partial charge in [0, 0.05) is 54.2 Å². The van der Waals surface area contributed by atoms with E-state index in [-0.39, 0.29) is 22.8 Å². The van der Waals surface area contributed by atoms with Crippen molar-refractivity contribution in [1.82, 2.24) is 19.5 Å². The van der Waals surface area contributed by atoms with E-state index in [0.29, 0.717) is 17.0 Å². The molecule has 35 heavy (non-hydrogen) atoms. The van der Waals surface area contributed by atoms with Crippen LogP contribution < -0.4 is 11.1 Å². The van der Waals surface area contributed by atoms with Crippen LogP contribution in [-0.4, -0.2) is 25.4 Å². The number of anilines is 2. The van der Waals surface area contributed by atoms with E-state index in [2.05, 4.69) is 32.1 Å². The molecule has 0 spiro atoms. The summed E-state index contributed by atoms with van der Waals surface area (Å²) in [5.41, 5.74) is 6.98. The predicted molar refractivity (Wildman–Crippen MR) is 125 cm³/mol. The van der Waals surface area contributed by atoms with Crippen molar-refractivity contribution >= 4 is 17.5 Å². The molecule has 0 radical (unpaired) electrons. The molecule has 10 heteroatoms. The topological polar surface area (TPSA) is 98.7 Å². The maximum Gasteiger partial charge on any atom is 0.416 e. The minimum absolute atomic E-state index is 0.00458. The lowest BCUT2D eigenvalue weighted by Gasteiger charge is -2.13. The van der Waals surface area contributed by atoms with Gasteiger partial charge in [-0.3, -0.25) is 4.79 Å². The number of nitrogens with one attached hydrogen (secondary N) is 1. The van der Waals surface area contributed by atoms with Crippen LogP contribution in [0.3, 0.4) is 0 Å². The molecule has 7 nitrogen and oxygen atoms in total. The summed E-state index contributed by atoms with van der Waals surface area (Å²) >= 11 is 0. The molecule has 0 atom stereocenters. The van der Waals surface area contributed by atoms with Crippen LogP contribution in [0.2, 0.25) is 0 Å². The molecule has 0 aliphatic rings. The molecule has 0 fully saturated rings. The van der Waals surface area contributed by atoms with Crippen molar-refractivity contribution in [3.05, 3.63) is 89.0 Å². The molecule has 2 aromatic heterocycles. The van der Waals surface area contributed by atoms with Crippen molar-refractivity contribution in [2.45, 2.75) is 13.1 Å². The molecule has 4 rings (SSSR count). The number of carbonyl (C=O) groups excluding carboxylic acids is 1. The van der Waals surface area contributed by atoms with Gasteiger partial charge in [0.05, 0.1) is 11.1 Å². The molecule has 3 N–H and O–H groups in total. The van der Waals surface area contributed by atoms with Crippen molar-refractivity contribution in [3.63, 3.8) is 0 Å². The fraction of sp³-hybridized carbons (Fsp3) is 0.120. The molecule has 4 aromatic rings. The third kappa shape index (κ3) is 5.47. The lowest BCUT2D eigenvalue weighted by atomic mass is 10.0. The SMILES string of the molecule is Cc1ccc(C(=O)Nc2cc(-c3nccn3C)cc(C(F)(F)F)c2)cc1C#Cc1cnc(N)nc1. The zero-order valence-corrected chi connectivity index (χ0v) is 18.7. The van der Waals surface area contributed by atoms with Gasteiger partial charge < -0.3 is 15.6 Å². The van der Waals surface area contributed by atoms with Crippen molar-refractivity contribution in [1.29, 1.82) is 0 Å². The quantitative estimate of drug-likeness (QED) is 0.426. The summed E-state index contributed by atoms with van der Waals surface area (Å²) in [5.74, 6) is 5.76. The molecule has 0 aliphatic carbocycles. The Morgan fingerprint density at radius 1 is 1.06 bits per heavy atom. The minimum Gasteiger partial charge on any atom is -0.368 e. The predicted octanol–water partition coefficient (Wildman–Crippen LogP) is 4.44. The smallest absolute Gasteiger partial charge is 0.368 e. The molecular weight excluding hydrogens is 457 g/mol. The molecule has 1 amide bonds. The summed E-state index contributed by atoms with van der Waals surface area (Å²) in [7, 11) is 1.67. The number of halogens is 3. The molecule has 2 heterocycles. The second kappa shape index (κ2) is 9.30. The molecular formula is C25H19F3N6O. The van der Waals surface area contributed by atoms with E-state index < -0.39 is 17.6 Å². The molecule has 0 bridgehead atoms. The number of imidazole rings is 1. The Morgan fingerprint density at radius 2 is 1.80 bits per heavy atom. The highest BCUT2D eigenvalue weighted by Crippen LogP contribution is 2.34. The largest absolute Gasteiger partial charge is 0.416 e.